The predicted octanol–water partition coefficient (Wildman–Crippen LogP) is 3.78. The molecule has 20 heavy (non-hydrogen) atoms. The fourth-order valence-corrected chi connectivity index (χ4v) is 1.93. The highest BCUT2D eigenvalue weighted by atomic mass is 79.9. The summed E-state index contributed by atoms with van der Waals surface area (Å²) in [5.41, 5.74) is 0.982. The van der Waals surface area contributed by atoms with Crippen molar-refractivity contribution in [3.63, 3.8) is 0 Å². The number of hydrogen-bond acceptors (Lipinski definition) is 2. The van der Waals surface area contributed by atoms with Crippen LogP contribution < -0.4 is 10.6 Å². The van der Waals surface area contributed by atoms with E-state index in [4.69, 9.17) is 0 Å². The smallest absolute Gasteiger partial charge is 0.243 e. The van der Waals surface area contributed by atoms with E-state index in [0.717, 1.165) is 16.6 Å². The van der Waals surface area contributed by atoms with E-state index in [2.05, 4.69) is 26.6 Å². The van der Waals surface area contributed by atoms with Crippen LogP contribution in [-0.2, 0) is 4.79 Å². The van der Waals surface area contributed by atoms with Gasteiger partial charge in [-0.1, -0.05) is 12.1 Å². The van der Waals surface area contributed by atoms with Crippen LogP contribution in [0.5, 0.6) is 0 Å². The molecule has 0 fully saturated rings. The second-order valence-electron chi connectivity index (χ2n) is 4.01. The Morgan fingerprint density at radius 1 is 1.10 bits per heavy atom. The van der Waals surface area contributed by atoms with E-state index in [9.17, 15) is 13.6 Å². The van der Waals surface area contributed by atoms with Crippen LogP contribution in [0.15, 0.2) is 46.9 Å². The molecule has 0 atom stereocenters. The van der Waals surface area contributed by atoms with Gasteiger partial charge >= 0.3 is 0 Å². The van der Waals surface area contributed by atoms with Gasteiger partial charge < -0.3 is 10.6 Å². The molecule has 0 aliphatic rings. The average Bonchev–Trinajstić information content (AvgIpc) is 2.43. The highest BCUT2D eigenvalue weighted by Gasteiger charge is 2.06. The molecule has 0 spiro atoms. The molecule has 0 saturated carbocycles. The maximum absolute atomic E-state index is 13.0. The number of para-hydroxylation sites is 1. The van der Waals surface area contributed by atoms with E-state index >= 15 is 0 Å². The highest BCUT2D eigenvalue weighted by Crippen LogP contribution is 2.21. The van der Waals surface area contributed by atoms with Crippen LogP contribution in [0.2, 0.25) is 0 Å². The summed E-state index contributed by atoms with van der Waals surface area (Å²) < 4.78 is 26.5. The molecular formula is C14H11BrF2N2O. The summed E-state index contributed by atoms with van der Waals surface area (Å²) in [4.78, 5) is 11.7. The Balaban J connectivity index is 1.92. The minimum Gasteiger partial charge on any atom is -0.376 e. The molecule has 0 aliphatic carbocycles. The quantitative estimate of drug-likeness (QED) is 0.889. The number of benzene rings is 2. The molecule has 0 unspecified atom stereocenters. The zero-order valence-corrected chi connectivity index (χ0v) is 11.9. The second kappa shape index (κ2) is 6.47. The van der Waals surface area contributed by atoms with Crippen LogP contribution in [0.3, 0.4) is 0 Å². The zero-order valence-electron chi connectivity index (χ0n) is 10.3. The molecule has 0 saturated heterocycles. The van der Waals surface area contributed by atoms with Gasteiger partial charge in [0.25, 0.3) is 0 Å². The van der Waals surface area contributed by atoms with Crippen molar-refractivity contribution < 1.29 is 13.6 Å². The van der Waals surface area contributed by atoms with Crippen LogP contribution in [0, 0.1) is 11.6 Å². The predicted molar refractivity (Wildman–Crippen MR) is 77.6 cm³/mol. The number of anilines is 2. The molecule has 3 nitrogen and oxygen atoms in total. The molecule has 1 amide bonds. The summed E-state index contributed by atoms with van der Waals surface area (Å²) >= 11 is 3.31. The van der Waals surface area contributed by atoms with Crippen molar-refractivity contribution in [3.05, 3.63) is 58.6 Å². The van der Waals surface area contributed by atoms with Crippen molar-refractivity contribution in [1.82, 2.24) is 0 Å². The lowest BCUT2D eigenvalue weighted by atomic mass is 10.3. The third-order valence-electron chi connectivity index (χ3n) is 2.52. The lowest BCUT2D eigenvalue weighted by molar-refractivity contribution is -0.114. The van der Waals surface area contributed by atoms with Crippen LogP contribution in [-0.4, -0.2) is 12.5 Å². The lowest BCUT2D eigenvalue weighted by Gasteiger charge is -2.09. The maximum Gasteiger partial charge on any atom is 0.243 e. The summed E-state index contributed by atoms with van der Waals surface area (Å²) in [7, 11) is 0. The van der Waals surface area contributed by atoms with Gasteiger partial charge in [-0.3, -0.25) is 4.79 Å². The van der Waals surface area contributed by atoms with E-state index in [1.54, 1.807) is 18.2 Å². The van der Waals surface area contributed by atoms with E-state index < -0.39 is 11.6 Å². The fourth-order valence-electron chi connectivity index (χ4n) is 1.55. The van der Waals surface area contributed by atoms with E-state index in [0.29, 0.717) is 11.4 Å². The number of amides is 1. The monoisotopic (exact) mass is 340 g/mol. The van der Waals surface area contributed by atoms with Gasteiger partial charge in [0.05, 0.1) is 12.2 Å². The second-order valence-corrected chi connectivity index (χ2v) is 4.86. The molecule has 2 aromatic rings. The highest BCUT2D eigenvalue weighted by molar-refractivity contribution is 9.10. The minimum atomic E-state index is -0.957. The normalized spacial score (nSPS) is 10.2. The van der Waals surface area contributed by atoms with Crippen molar-refractivity contribution in [2.24, 2.45) is 0 Å². The van der Waals surface area contributed by atoms with Crippen molar-refractivity contribution in [3.8, 4) is 0 Å². The Kier molecular flexibility index (Phi) is 4.68. The molecule has 0 aromatic heterocycles. The lowest BCUT2D eigenvalue weighted by Crippen LogP contribution is -2.22. The Bertz CT molecular complexity index is 634. The summed E-state index contributed by atoms with van der Waals surface area (Å²) in [5, 5.41) is 5.41. The molecule has 2 N–H and O–H groups in total. The molecule has 6 heteroatoms. The number of hydrogen-bond donors (Lipinski definition) is 2. The first kappa shape index (κ1) is 14.5. The van der Waals surface area contributed by atoms with Gasteiger partial charge in [-0.2, -0.15) is 0 Å². The number of nitrogens with one attached hydrogen (secondary N) is 2. The molecule has 2 rings (SSSR count). The Labute approximate surface area is 123 Å². The first-order chi connectivity index (χ1) is 9.56. The number of carbonyl (C=O) groups is 1. The van der Waals surface area contributed by atoms with Gasteiger partial charge in [-0.15, -0.1) is 0 Å². The maximum atomic E-state index is 13.0. The van der Waals surface area contributed by atoms with Crippen molar-refractivity contribution in [2.75, 3.05) is 17.2 Å². The van der Waals surface area contributed by atoms with Crippen molar-refractivity contribution in [1.29, 1.82) is 0 Å². The fraction of sp³-hybridized carbons (Fsp3) is 0.0714. The number of halogens is 3. The molecule has 104 valence electrons. The third kappa shape index (κ3) is 3.77. The van der Waals surface area contributed by atoms with Crippen LogP contribution in [0.25, 0.3) is 0 Å². The first-order valence-corrected chi connectivity index (χ1v) is 6.59. The number of carbonyl (C=O) groups excluding carboxylic acids is 1. The van der Waals surface area contributed by atoms with Gasteiger partial charge in [0.15, 0.2) is 11.6 Å². The molecule has 2 aromatic carbocycles. The van der Waals surface area contributed by atoms with Gasteiger partial charge in [0.1, 0.15) is 0 Å². The van der Waals surface area contributed by atoms with Gasteiger partial charge in [0.2, 0.25) is 5.91 Å². The summed E-state index contributed by atoms with van der Waals surface area (Å²) in [6.07, 6.45) is 0. The van der Waals surface area contributed by atoms with E-state index in [-0.39, 0.29) is 12.5 Å². The molecule has 0 heterocycles. The van der Waals surface area contributed by atoms with Gasteiger partial charge in [-0.25, -0.2) is 8.78 Å². The standard InChI is InChI=1S/C14H11BrF2N2O/c15-10-3-1-2-4-13(10)19-14(20)8-18-9-5-6-11(16)12(17)7-9/h1-7,18H,8H2,(H,19,20). The van der Waals surface area contributed by atoms with Gasteiger partial charge in [-0.05, 0) is 40.2 Å². The SMILES string of the molecule is O=C(CNc1ccc(F)c(F)c1)Nc1ccccc1Br. The van der Waals surface area contributed by atoms with Crippen LogP contribution in [0.1, 0.15) is 0 Å². The Morgan fingerprint density at radius 2 is 1.85 bits per heavy atom. The Hall–Kier alpha value is -1.95. The topological polar surface area (TPSA) is 41.1 Å². The first-order valence-electron chi connectivity index (χ1n) is 5.79. The van der Waals surface area contributed by atoms with E-state index in [1.165, 1.54) is 6.07 Å². The van der Waals surface area contributed by atoms with Crippen molar-refractivity contribution >= 4 is 33.2 Å². The van der Waals surface area contributed by atoms with Crippen LogP contribution >= 0.6 is 15.9 Å². The molecule has 0 radical (unpaired) electrons. The average molecular weight is 341 g/mol. The molecule has 0 bridgehead atoms. The number of rotatable bonds is 4. The van der Waals surface area contributed by atoms with Gasteiger partial charge in [0, 0.05) is 16.2 Å². The summed E-state index contributed by atoms with van der Waals surface area (Å²) in [5.74, 6) is -2.17. The molecular weight excluding hydrogens is 330 g/mol. The summed E-state index contributed by atoms with van der Waals surface area (Å²) in [6.45, 7) is -0.0492. The molecule has 0 aliphatic heterocycles. The summed E-state index contributed by atoms with van der Waals surface area (Å²) in [6, 6.07) is 10.6. The third-order valence-corrected chi connectivity index (χ3v) is 3.21. The minimum absolute atomic E-state index is 0.0492. The van der Waals surface area contributed by atoms with E-state index in [1.807, 2.05) is 6.07 Å². The zero-order chi connectivity index (χ0) is 14.5. The Morgan fingerprint density at radius 3 is 2.55 bits per heavy atom. The largest absolute Gasteiger partial charge is 0.376 e. The van der Waals surface area contributed by atoms with Crippen molar-refractivity contribution in [2.45, 2.75) is 0 Å². The van der Waals surface area contributed by atoms with Crippen LogP contribution in [0.4, 0.5) is 20.2 Å².